The number of benzene rings is 1. The summed E-state index contributed by atoms with van der Waals surface area (Å²) in [6.07, 6.45) is 0.378. The van der Waals surface area contributed by atoms with E-state index in [0.717, 1.165) is 5.56 Å². The molecule has 0 N–H and O–H groups in total. The number of hydrogen-bond donors (Lipinski definition) is 0. The van der Waals surface area contributed by atoms with E-state index in [9.17, 15) is 9.59 Å². The summed E-state index contributed by atoms with van der Waals surface area (Å²) in [5, 5.41) is 0. The van der Waals surface area contributed by atoms with Crippen molar-refractivity contribution < 1.29 is 23.8 Å². The molecule has 0 amide bonds. The number of fused-ring (bicyclic) bond motifs is 1. The van der Waals surface area contributed by atoms with Crippen LogP contribution in [0.4, 0.5) is 0 Å². The first-order chi connectivity index (χ1) is 10.0. The van der Waals surface area contributed by atoms with Crippen molar-refractivity contribution in [1.82, 2.24) is 0 Å². The first-order valence-electron chi connectivity index (χ1n) is 7.04. The van der Waals surface area contributed by atoms with Gasteiger partial charge in [0.15, 0.2) is 5.92 Å². The van der Waals surface area contributed by atoms with Gasteiger partial charge in [0.2, 0.25) is 0 Å². The molecule has 0 saturated heterocycles. The molecule has 0 aromatic heterocycles. The predicted molar refractivity (Wildman–Crippen MR) is 75.9 cm³/mol. The van der Waals surface area contributed by atoms with Gasteiger partial charge in [-0.25, -0.2) is 0 Å². The van der Waals surface area contributed by atoms with E-state index in [1.165, 1.54) is 7.11 Å². The largest absolute Gasteiger partial charge is 0.490 e. The molecule has 0 spiro atoms. The lowest BCUT2D eigenvalue weighted by atomic mass is 9.98. The molecule has 114 valence electrons. The van der Waals surface area contributed by atoms with E-state index in [-0.39, 0.29) is 18.6 Å². The molecule has 5 nitrogen and oxygen atoms in total. The number of carbonyl (C=O) groups is 2. The summed E-state index contributed by atoms with van der Waals surface area (Å²) in [7, 11) is 1.27. The second-order valence-corrected chi connectivity index (χ2v) is 5.30. The van der Waals surface area contributed by atoms with Crippen LogP contribution in [0.1, 0.15) is 25.8 Å². The molecule has 1 aromatic carbocycles. The highest BCUT2D eigenvalue weighted by Gasteiger charge is 2.33. The Morgan fingerprint density at radius 2 is 1.86 bits per heavy atom. The van der Waals surface area contributed by atoms with E-state index in [1.54, 1.807) is 6.92 Å². The van der Waals surface area contributed by atoms with Gasteiger partial charge in [0, 0.05) is 6.42 Å². The SMILES string of the molecule is COC(=O)[C@@H]1Cc2ccccc2O[C@@H](C)C[C@@H](C)OC1=O. The Balaban J connectivity index is 2.36. The van der Waals surface area contributed by atoms with Crippen molar-refractivity contribution in [1.29, 1.82) is 0 Å². The van der Waals surface area contributed by atoms with Gasteiger partial charge < -0.3 is 14.2 Å². The Morgan fingerprint density at radius 1 is 1.19 bits per heavy atom. The van der Waals surface area contributed by atoms with Gasteiger partial charge in [-0.15, -0.1) is 0 Å². The zero-order valence-corrected chi connectivity index (χ0v) is 12.5. The summed E-state index contributed by atoms with van der Waals surface area (Å²) in [6.45, 7) is 3.72. The van der Waals surface area contributed by atoms with Gasteiger partial charge in [0.05, 0.1) is 13.2 Å². The highest BCUT2D eigenvalue weighted by molar-refractivity contribution is 5.95. The fraction of sp³-hybridized carbons (Fsp3) is 0.500. The molecule has 5 heteroatoms. The molecule has 0 unspecified atom stereocenters. The monoisotopic (exact) mass is 292 g/mol. The van der Waals surface area contributed by atoms with Gasteiger partial charge in [-0.3, -0.25) is 9.59 Å². The summed E-state index contributed by atoms with van der Waals surface area (Å²) in [6, 6.07) is 7.40. The lowest BCUT2D eigenvalue weighted by Gasteiger charge is -2.25. The van der Waals surface area contributed by atoms with Crippen LogP contribution < -0.4 is 4.74 Å². The highest BCUT2D eigenvalue weighted by Crippen LogP contribution is 2.26. The van der Waals surface area contributed by atoms with Crippen molar-refractivity contribution in [2.75, 3.05) is 7.11 Å². The van der Waals surface area contributed by atoms with E-state index in [2.05, 4.69) is 0 Å². The minimum absolute atomic E-state index is 0.0800. The van der Waals surface area contributed by atoms with Crippen LogP contribution in [0, 0.1) is 5.92 Å². The lowest BCUT2D eigenvalue weighted by molar-refractivity contribution is -0.164. The molecule has 3 atom stereocenters. The first-order valence-corrected chi connectivity index (χ1v) is 7.04. The van der Waals surface area contributed by atoms with Crippen LogP contribution >= 0.6 is 0 Å². The van der Waals surface area contributed by atoms with Gasteiger partial charge in [0.1, 0.15) is 11.9 Å². The smallest absolute Gasteiger partial charge is 0.320 e. The molecule has 0 saturated carbocycles. The van der Waals surface area contributed by atoms with Crippen molar-refractivity contribution in [2.24, 2.45) is 5.92 Å². The number of methoxy groups -OCH3 is 1. The van der Waals surface area contributed by atoms with Crippen LogP contribution in [0.5, 0.6) is 5.75 Å². The van der Waals surface area contributed by atoms with Crippen LogP contribution in [0.25, 0.3) is 0 Å². The molecule has 1 aliphatic heterocycles. The van der Waals surface area contributed by atoms with E-state index < -0.39 is 17.9 Å². The molecular formula is C16H20O5. The minimum atomic E-state index is -0.962. The van der Waals surface area contributed by atoms with Gasteiger partial charge in [-0.1, -0.05) is 18.2 Å². The maximum absolute atomic E-state index is 12.2. The van der Waals surface area contributed by atoms with Gasteiger partial charge in [-0.2, -0.15) is 0 Å². The zero-order valence-electron chi connectivity index (χ0n) is 12.5. The molecule has 1 heterocycles. The number of esters is 2. The second kappa shape index (κ2) is 6.61. The van der Waals surface area contributed by atoms with E-state index >= 15 is 0 Å². The summed E-state index contributed by atoms with van der Waals surface area (Å²) in [5.41, 5.74) is 0.797. The molecule has 21 heavy (non-hydrogen) atoms. The molecule has 2 rings (SSSR count). The predicted octanol–water partition coefficient (Wildman–Crippen LogP) is 2.12. The van der Waals surface area contributed by atoms with Gasteiger partial charge in [0.25, 0.3) is 0 Å². The van der Waals surface area contributed by atoms with Crippen molar-refractivity contribution in [2.45, 2.75) is 38.9 Å². The summed E-state index contributed by atoms with van der Waals surface area (Å²) in [4.78, 5) is 24.1. The average molecular weight is 292 g/mol. The highest BCUT2D eigenvalue weighted by atomic mass is 16.6. The fourth-order valence-corrected chi connectivity index (χ4v) is 2.47. The summed E-state index contributed by atoms with van der Waals surface area (Å²) >= 11 is 0. The van der Waals surface area contributed by atoms with Crippen molar-refractivity contribution >= 4 is 11.9 Å². The van der Waals surface area contributed by atoms with Crippen LogP contribution in [0.3, 0.4) is 0 Å². The quantitative estimate of drug-likeness (QED) is 0.586. The minimum Gasteiger partial charge on any atom is -0.490 e. The maximum atomic E-state index is 12.2. The third-order valence-corrected chi connectivity index (χ3v) is 3.48. The van der Waals surface area contributed by atoms with Crippen molar-refractivity contribution in [3.05, 3.63) is 29.8 Å². The summed E-state index contributed by atoms with van der Waals surface area (Å²) < 4.78 is 15.9. The third-order valence-electron chi connectivity index (χ3n) is 3.48. The van der Waals surface area contributed by atoms with E-state index in [4.69, 9.17) is 14.2 Å². The van der Waals surface area contributed by atoms with Crippen LogP contribution in [0.15, 0.2) is 24.3 Å². The third kappa shape index (κ3) is 3.74. The van der Waals surface area contributed by atoms with Crippen LogP contribution in [0.2, 0.25) is 0 Å². The fourth-order valence-electron chi connectivity index (χ4n) is 2.47. The number of hydrogen-bond acceptors (Lipinski definition) is 5. The number of carbonyl (C=O) groups excluding carboxylic acids is 2. The summed E-state index contributed by atoms with van der Waals surface area (Å²) in [5.74, 6) is -1.40. The molecule has 0 aliphatic carbocycles. The molecule has 1 aromatic rings. The topological polar surface area (TPSA) is 61.8 Å². The number of cyclic esters (lactones) is 1. The Kier molecular flexibility index (Phi) is 4.83. The lowest BCUT2D eigenvalue weighted by Crippen LogP contribution is -2.34. The Morgan fingerprint density at radius 3 is 2.57 bits per heavy atom. The van der Waals surface area contributed by atoms with Crippen molar-refractivity contribution in [3.63, 3.8) is 0 Å². The average Bonchev–Trinajstić information content (AvgIpc) is 2.44. The Hall–Kier alpha value is -2.04. The Labute approximate surface area is 124 Å². The van der Waals surface area contributed by atoms with E-state index in [0.29, 0.717) is 12.2 Å². The first kappa shape index (κ1) is 15.4. The van der Waals surface area contributed by atoms with Gasteiger partial charge >= 0.3 is 11.9 Å². The standard InChI is InChI=1S/C16H20O5/c1-10-8-11(2)21-16(18)13(15(17)19-3)9-12-6-4-5-7-14(12)20-10/h4-7,10-11,13H,8-9H2,1-3H3/t10-,11+,13-/m0/s1. The zero-order chi connectivity index (χ0) is 15.4. The molecule has 0 fully saturated rings. The molecule has 1 aliphatic rings. The normalized spacial score (nSPS) is 26.0. The number of ether oxygens (including phenoxy) is 3. The number of para-hydroxylation sites is 1. The van der Waals surface area contributed by atoms with E-state index in [1.807, 2.05) is 31.2 Å². The molecule has 0 bridgehead atoms. The van der Waals surface area contributed by atoms with Crippen LogP contribution in [-0.2, 0) is 25.5 Å². The van der Waals surface area contributed by atoms with Crippen LogP contribution in [-0.4, -0.2) is 31.3 Å². The van der Waals surface area contributed by atoms with Gasteiger partial charge in [-0.05, 0) is 31.9 Å². The number of rotatable bonds is 1. The maximum Gasteiger partial charge on any atom is 0.320 e. The second-order valence-electron chi connectivity index (χ2n) is 5.30. The molecule has 0 radical (unpaired) electrons. The molecular weight excluding hydrogens is 272 g/mol. The Bertz CT molecular complexity index is 525. The van der Waals surface area contributed by atoms with Crippen molar-refractivity contribution in [3.8, 4) is 5.75 Å².